The van der Waals surface area contributed by atoms with Crippen molar-refractivity contribution in [1.29, 1.82) is 0 Å². The van der Waals surface area contributed by atoms with E-state index in [2.05, 4.69) is 10.6 Å². The van der Waals surface area contributed by atoms with Crippen LogP contribution in [-0.2, 0) is 14.8 Å². The predicted octanol–water partition coefficient (Wildman–Crippen LogP) is 0.989. The van der Waals surface area contributed by atoms with Gasteiger partial charge in [0.15, 0.2) is 0 Å². The molecule has 1 heterocycles. The maximum atomic E-state index is 12.6. The van der Waals surface area contributed by atoms with Gasteiger partial charge in [-0.2, -0.15) is 4.31 Å². The highest BCUT2D eigenvalue weighted by atomic mass is 32.2. The third kappa shape index (κ3) is 4.10. The molecule has 0 saturated carbocycles. The first-order valence-corrected chi connectivity index (χ1v) is 9.68. The molecule has 2 rings (SSSR count). The summed E-state index contributed by atoms with van der Waals surface area (Å²) in [5.74, 6) is -0.355. The standard InChI is InChI=1S/C16H24N4O4S/c1-4-19(5-2)25(23,24)13-7-6-12(3)14(10-13)18-11-15(21)20-9-8-17-16(20)22/h6-7,10,18H,4-5,8-9,11H2,1-3H3,(H,17,22). The molecule has 0 spiro atoms. The van der Waals surface area contributed by atoms with Crippen LogP contribution in [0.4, 0.5) is 10.5 Å². The molecule has 0 aliphatic carbocycles. The molecule has 1 aliphatic rings. The summed E-state index contributed by atoms with van der Waals surface area (Å²) in [4.78, 5) is 24.9. The van der Waals surface area contributed by atoms with Gasteiger partial charge < -0.3 is 10.6 Å². The first kappa shape index (κ1) is 19.2. The lowest BCUT2D eigenvalue weighted by Crippen LogP contribution is -2.38. The molecule has 8 nitrogen and oxygen atoms in total. The normalized spacial score (nSPS) is 14.7. The van der Waals surface area contributed by atoms with Crippen LogP contribution in [0.1, 0.15) is 19.4 Å². The van der Waals surface area contributed by atoms with Gasteiger partial charge in [0.2, 0.25) is 15.9 Å². The molecule has 0 radical (unpaired) electrons. The molecule has 0 unspecified atom stereocenters. The van der Waals surface area contributed by atoms with Gasteiger partial charge in [-0.15, -0.1) is 0 Å². The molecule has 1 aliphatic heterocycles. The number of imide groups is 1. The van der Waals surface area contributed by atoms with E-state index in [-0.39, 0.29) is 17.3 Å². The summed E-state index contributed by atoms with van der Waals surface area (Å²) >= 11 is 0. The average Bonchev–Trinajstić information content (AvgIpc) is 3.00. The van der Waals surface area contributed by atoms with Crippen LogP contribution >= 0.6 is 0 Å². The number of benzene rings is 1. The van der Waals surface area contributed by atoms with Crippen LogP contribution in [0.2, 0.25) is 0 Å². The number of nitrogens with zero attached hydrogens (tertiary/aromatic N) is 2. The molecular formula is C16H24N4O4S. The Hall–Kier alpha value is -2.13. The van der Waals surface area contributed by atoms with Crippen molar-refractivity contribution < 1.29 is 18.0 Å². The van der Waals surface area contributed by atoms with Gasteiger partial charge in [0.05, 0.1) is 11.4 Å². The molecule has 2 N–H and O–H groups in total. The molecule has 138 valence electrons. The number of amides is 3. The van der Waals surface area contributed by atoms with Gasteiger partial charge in [0, 0.05) is 31.9 Å². The zero-order valence-corrected chi connectivity index (χ0v) is 15.5. The van der Waals surface area contributed by atoms with Crippen molar-refractivity contribution in [3.63, 3.8) is 0 Å². The van der Waals surface area contributed by atoms with E-state index in [1.807, 2.05) is 6.92 Å². The minimum atomic E-state index is -3.57. The summed E-state index contributed by atoms with van der Waals surface area (Å²) < 4.78 is 26.6. The Kier molecular flexibility index (Phi) is 6.02. The second-order valence-electron chi connectivity index (χ2n) is 5.70. The highest BCUT2D eigenvalue weighted by molar-refractivity contribution is 7.89. The van der Waals surface area contributed by atoms with Crippen molar-refractivity contribution in [2.24, 2.45) is 0 Å². The van der Waals surface area contributed by atoms with Crippen LogP contribution < -0.4 is 10.6 Å². The lowest BCUT2D eigenvalue weighted by molar-refractivity contribution is -0.125. The van der Waals surface area contributed by atoms with Crippen molar-refractivity contribution in [2.45, 2.75) is 25.7 Å². The second kappa shape index (κ2) is 7.83. The summed E-state index contributed by atoms with van der Waals surface area (Å²) in [7, 11) is -3.57. The number of carbonyl (C=O) groups excluding carboxylic acids is 2. The van der Waals surface area contributed by atoms with Crippen LogP contribution in [0, 0.1) is 6.92 Å². The Balaban J connectivity index is 2.16. The van der Waals surface area contributed by atoms with Crippen molar-refractivity contribution >= 4 is 27.6 Å². The maximum absolute atomic E-state index is 12.6. The number of hydrogen-bond acceptors (Lipinski definition) is 5. The van der Waals surface area contributed by atoms with E-state index >= 15 is 0 Å². The number of sulfonamides is 1. The van der Waals surface area contributed by atoms with E-state index in [1.165, 1.54) is 10.4 Å². The first-order valence-electron chi connectivity index (χ1n) is 8.24. The van der Waals surface area contributed by atoms with Crippen LogP contribution in [0.15, 0.2) is 23.1 Å². The SMILES string of the molecule is CCN(CC)S(=O)(=O)c1ccc(C)c(NCC(=O)N2CCNC2=O)c1. The van der Waals surface area contributed by atoms with Gasteiger partial charge >= 0.3 is 6.03 Å². The largest absolute Gasteiger partial charge is 0.376 e. The number of hydrogen-bond donors (Lipinski definition) is 2. The summed E-state index contributed by atoms with van der Waals surface area (Å²) in [6.45, 7) is 6.88. The minimum absolute atomic E-state index is 0.0803. The van der Waals surface area contributed by atoms with Crippen molar-refractivity contribution in [3.8, 4) is 0 Å². The zero-order chi connectivity index (χ0) is 18.6. The van der Waals surface area contributed by atoms with E-state index in [4.69, 9.17) is 0 Å². The van der Waals surface area contributed by atoms with Gasteiger partial charge in [0.25, 0.3) is 0 Å². The fourth-order valence-electron chi connectivity index (χ4n) is 2.64. The van der Waals surface area contributed by atoms with Crippen molar-refractivity contribution in [2.75, 3.05) is 38.0 Å². The number of rotatable bonds is 7. The third-order valence-corrected chi connectivity index (χ3v) is 6.19. The van der Waals surface area contributed by atoms with Crippen LogP contribution in [-0.4, -0.2) is 62.3 Å². The second-order valence-corrected chi connectivity index (χ2v) is 7.63. The fraction of sp³-hybridized carbons (Fsp3) is 0.500. The molecule has 1 saturated heterocycles. The summed E-state index contributed by atoms with van der Waals surface area (Å²) in [6.07, 6.45) is 0. The molecule has 0 bridgehead atoms. The Morgan fingerprint density at radius 2 is 2.00 bits per heavy atom. The Labute approximate surface area is 148 Å². The molecule has 1 fully saturated rings. The lowest BCUT2D eigenvalue weighted by atomic mass is 10.2. The first-order chi connectivity index (χ1) is 11.8. The molecule has 25 heavy (non-hydrogen) atoms. The summed E-state index contributed by atoms with van der Waals surface area (Å²) in [5.41, 5.74) is 1.37. The quantitative estimate of drug-likeness (QED) is 0.748. The van der Waals surface area contributed by atoms with Gasteiger partial charge in [-0.3, -0.25) is 9.69 Å². The number of carbonyl (C=O) groups is 2. The number of nitrogens with one attached hydrogen (secondary N) is 2. The molecule has 0 atom stereocenters. The summed E-state index contributed by atoms with van der Waals surface area (Å²) in [5, 5.41) is 5.51. The molecule has 1 aromatic rings. The smallest absolute Gasteiger partial charge is 0.324 e. The van der Waals surface area contributed by atoms with E-state index in [9.17, 15) is 18.0 Å². The average molecular weight is 368 g/mol. The monoisotopic (exact) mass is 368 g/mol. The number of aryl methyl sites for hydroxylation is 1. The van der Waals surface area contributed by atoms with Gasteiger partial charge in [0.1, 0.15) is 0 Å². The predicted molar refractivity (Wildman–Crippen MR) is 94.9 cm³/mol. The van der Waals surface area contributed by atoms with E-state index < -0.39 is 16.1 Å². The van der Waals surface area contributed by atoms with Crippen LogP contribution in [0.3, 0.4) is 0 Å². The molecule has 0 aromatic heterocycles. The van der Waals surface area contributed by atoms with Crippen molar-refractivity contribution in [1.82, 2.24) is 14.5 Å². The van der Waals surface area contributed by atoms with Gasteiger partial charge in [-0.05, 0) is 24.6 Å². The molecular weight excluding hydrogens is 344 g/mol. The highest BCUT2D eigenvalue weighted by Crippen LogP contribution is 2.23. The van der Waals surface area contributed by atoms with Crippen LogP contribution in [0.25, 0.3) is 0 Å². The Morgan fingerprint density at radius 1 is 1.32 bits per heavy atom. The van der Waals surface area contributed by atoms with Gasteiger partial charge in [-0.1, -0.05) is 19.9 Å². The molecule has 9 heteroatoms. The third-order valence-electron chi connectivity index (χ3n) is 4.14. The molecule has 1 aromatic carbocycles. The maximum Gasteiger partial charge on any atom is 0.324 e. The Bertz CT molecular complexity index is 759. The fourth-order valence-corrected chi connectivity index (χ4v) is 4.13. The topological polar surface area (TPSA) is 98.8 Å². The van der Waals surface area contributed by atoms with E-state index in [0.717, 1.165) is 10.5 Å². The molecule has 3 amide bonds. The number of anilines is 1. The number of urea groups is 1. The van der Waals surface area contributed by atoms with Crippen LogP contribution in [0.5, 0.6) is 0 Å². The summed E-state index contributed by atoms with van der Waals surface area (Å²) in [6, 6.07) is 4.39. The van der Waals surface area contributed by atoms with E-state index in [1.54, 1.807) is 26.0 Å². The van der Waals surface area contributed by atoms with Crippen molar-refractivity contribution in [3.05, 3.63) is 23.8 Å². The highest BCUT2D eigenvalue weighted by Gasteiger charge is 2.26. The zero-order valence-electron chi connectivity index (χ0n) is 14.7. The Morgan fingerprint density at radius 3 is 2.56 bits per heavy atom. The lowest BCUT2D eigenvalue weighted by Gasteiger charge is -2.20. The van der Waals surface area contributed by atoms with Gasteiger partial charge in [-0.25, -0.2) is 13.2 Å². The minimum Gasteiger partial charge on any atom is -0.376 e. The van der Waals surface area contributed by atoms with E-state index in [0.29, 0.717) is 31.9 Å².